The third-order valence-corrected chi connectivity index (χ3v) is 21.3. The normalized spacial score (nSPS) is 26.0. The SMILES string of the molecule is OCC1OC(SCCOCCOc2ccc(C3=c4ccc([nH]4)=C(c4ccccc4)c4ccc([nH]4)C(c4ccc(OCCOCCSC5OC(CO)C(O)C(O)C5O)cc4)=c4ccc([nH]4)=C(c4ccc(OCCOCCSC5OC(CO)C(O)C(O)C5O)cc4)c4ccc3[nH]4)cc2)C(O)C(O)C1O. The summed E-state index contributed by atoms with van der Waals surface area (Å²) in [4.78, 5) is 15.4. The molecule has 12 rings (SSSR count). The van der Waals surface area contributed by atoms with E-state index >= 15 is 0 Å². The van der Waals surface area contributed by atoms with Gasteiger partial charge in [0.15, 0.2) is 0 Å². The quantitative estimate of drug-likeness (QED) is 0.0256. The van der Waals surface area contributed by atoms with Crippen LogP contribution < -0.4 is 35.6 Å². The minimum atomic E-state index is -1.45. The van der Waals surface area contributed by atoms with Gasteiger partial charge in [0, 0.05) is 83.7 Å². The number of nitrogens with one attached hydrogen (secondary N) is 4. The second-order valence-corrected chi connectivity index (χ2v) is 28.3. The van der Waals surface area contributed by atoms with Crippen molar-refractivity contribution in [2.24, 2.45) is 0 Å². The number of aromatic nitrogens is 4. The Kier molecular flexibility index (Phi) is 26.3. The van der Waals surface area contributed by atoms with E-state index in [1.807, 2.05) is 91.0 Å². The Morgan fingerprint density at radius 1 is 0.284 bits per heavy atom. The van der Waals surface area contributed by atoms with Crippen LogP contribution in [0.5, 0.6) is 17.2 Å². The first-order valence-electron chi connectivity index (χ1n) is 33.7. The Hall–Kier alpha value is -6.79. The third-order valence-electron chi connectivity index (χ3n) is 18.0. The second kappa shape index (κ2) is 35.8. The Morgan fingerprint density at radius 2 is 0.559 bits per heavy atom. The first-order chi connectivity index (χ1) is 49.7. The molecule has 28 heteroatoms. The molecule has 0 aliphatic carbocycles. The van der Waals surface area contributed by atoms with E-state index < -0.39 is 109 Å². The summed E-state index contributed by atoms with van der Waals surface area (Å²) in [6.07, 6.45) is -15.5. The molecule has 4 aromatic heterocycles. The lowest BCUT2D eigenvalue weighted by molar-refractivity contribution is -0.205. The van der Waals surface area contributed by atoms with Crippen LogP contribution in [0, 0.1) is 0 Å². The molecule has 3 fully saturated rings. The van der Waals surface area contributed by atoms with Crippen molar-refractivity contribution in [1.82, 2.24) is 19.9 Å². The van der Waals surface area contributed by atoms with Crippen molar-refractivity contribution in [3.63, 3.8) is 0 Å². The molecule has 0 amide bonds. The van der Waals surface area contributed by atoms with E-state index in [1.165, 1.54) is 35.3 Å². The van der Waals surface area contributed by atoms with Gasteiger partial charge in [0.05, 0.1) is 59.5 Å². The molecule has 0 saturated carbocycles. The zero-order valence-electron chi connectivity index (χ0n) is 55.5. The lowest BCUT2D eigenvalue weighted by Crippen LogP contribution is -2.57. The number of H-pyrrole nitrogens is 4. The van der Waals surface area contributed by atoms with Crippen molar-refractivity contribution < 1.29 is 104 Å². The van der Waals surface area contributed by atoms with Gasteiger partial charge in [-0.1, -0.05) is 66.7 Å². The lowest BCUT2D eigenvalue weighted by Gasteiger charge is -2.39. The van der Waals surface area contributed by atoms with Crippen molar-refractivity contribution in [3.8, 4) is 17.2 Å². The van der Waals surface area contributed by atoms with E-state index in [0.29, 0.717) is 47.7 Å². The van der Waals surface area contributed by atoms with Crippen LogP contribution in [0.15, 0.2) is 152 Å². The molecule has 16 N–H and O–H groups in total. The molecular weight excluding hydrogens is 1380 g/mol. The molecular formula is C74H86N4O21S3. The summed E-state index contributed by atoms with van der Waals surface area (Å²) in [5.41, 5.74) is 8.00. The summed E-state index contributed by atoms with van der Waals surface area (Å²) in [7, 11) is 0. The number of aromatic amines is 4. The molecule has 0 radical (unpaired) electrons. The van der Waals surface area contributed by atoms with Gasteiger partial charge in [-0.3, -0.25) is 0 Å². The zero-order chi connectivity index (χ0) is 71.2. The van der Waals surface area contributed by atoms with Crippen molar-refractivity contribution in [1.29, 1.82) is 0 Å². The molecule has 8 aromatic rings. The molecule has 4 aliphatic rings. The highest BCUT2D eigenvalue weighted by molar-refractivity contribution is 8.00. The van der Waals surface area contributed by atoms with E-state index in [1.54, 1.807) is 0 Å². The third kappa shape index (κ3) is 17.8. The summed E-state index contributed by atoms with van der Waals surface area (Å²) in [6, 6.07) is 50.4. The largest absolute Gasteiger partial charge is 0.491 e. The molecule has 4 aliphatic heterocycles. The smallest absolute Gasteiger partial charge is 0.132 e. The molecule has 8 heterocycles. The fourth-order valence-corrected chi connectivity index (χ4v) is 15.7. The van der Waals surface area contributed by atoms with Crippen molar-refractivity contribution in [3.05, 3.63) is 218 Å². The van der Waals surface area contributed by atoms with Crippen LogP contribution in [0.2, 0.25) is 0 Å². The molecule has 8 bridgehead atoms. The Morgan fingerprint density at radius 3 is 0.833 bits per heavy atom. The van der Waals surface area contributed by atoms with Gasteiger partial charge in [-0.05, 0) is 107 Å². The molecule has 25 nitrogen and oxygen atoms in total. The van der Waals surface area contributed by atoms with Crippen molar-refractivity contribution in [2.45, 2.75) is 89.6 Å². The van der Waals surface area contributed by atoms with Gasteiger partial charge in [-0.15, -0.1) is 35.3 Å². The van der Waals surface area contributed by atoms with Gasteiger partial charge < -0.3 is 124 Å². The molecule has 4 aromatic carbocycles. The first kappa shape index (κ1) is 74.9. The van der Waals surface area contributed by atoms with Crippen LogP contribution in [-0.2, 0) is 28.4 Å². The summed E-state index contributed by atoms with van der Waals surface area (Å²) in [5.74, 6) is 3.11. The zero-order valence-corrected chi connectivity index (χ0v) is 57.9. The Labute approximate surface area is 599 Å². The molecule has 15 atom stereocenters. The van der Waals surface area contributed by atoms with Gasteiger partial charge >= 0.3 is 0 Å². The van der Waals surface area contributed by atoms with Gasteiger partial charge in [0.25, 0.3) is 0 Å². The summed E-state index contributed by atoms with van der Waals surface area (Å²) in [6.45, 7) is 0.932. The van der Waals surface area contributed by atoms with Crippen LogP contribution in [-0.4, -0.2) is 267 Å². The van der Waals surface area contributed by atoms with E-state index in [4.69, 9.17) is 42.6 Å². The van der Waals surface area contributed by atoms with E-state index in [0.717, 1.165) is 88.7 Å². The van der Waals surface area contributed by atoms with E-state index in [2.05, 4.69) is 80.6 Å². The summed E-state index contributed by atoms with van der Waals surface area (Å²) in [5, 5.41) is 124. The number of hydrogen-bond acceptors (Lipinski definition) is 24. The van der Waals surface area contributed by atoms with Gasteiger partial charge in [-0.25, -0.2) is 0 Å². The standard InChI is InChI=1S/C74H86N4O21S3/c79-38-56-63(82)66(85)69(88)72(97-56)100-35-32-91-26-29-94-45-12-6-42(7-13-45)60-50-20-18-48(75-50)59(41-4-2-1-3-5-41)49-19-21-51(76-49)61(43-8-14-46(15-9-43)95-30-27-92-33-36-101-73-70(89)67(86)64(83)57(39-80)98-73)53-23-25-55(78-53)62(54-24-22-52(60)77-54)44-10-16-47(17-11-44)96-31-28-93-34-37-102-74-71(90)68(87)65(84)58(40-81)99-74/h1-25,56-58,63-90H,26-40H2. The number of fused-ring (bicyclic) bond motifs is 8. The molecule has 0 spiro atoms. The van der Waals surface area contributed by atoms with Crippen molar-refractivity contribution in [2.75, 3.05) is 96.5 Å². The fourth-order valence-electron chi connectivity index (χ4n) is 12.6. The molecule has 102 heavy (non-hydrogen) atoms. The minimum Gasteiger partial charge on any atom is -0.491 e. The van der Waals surface area contributed by atoms with E-state index in [9.17, 15) is 61.3 Å². The molecule has 15 unspecified atom stereocenters. The van der Waals surface area contributed by atoms with Gasteiger partial charge in [0.2, 0.25) is 0 Å². The Balaban J connectivity index is 0.807. The Bertz CT molecular complexity index is 4210. The van der Waals surface area contributed by atoms with Crippen LogP contribution in [0.4, 0.5) is 0 Å². The highest BCUT2D eigenvalue weighted by atomic mass is 32.2. The van der Waals surface area contributed by atoms with Crippen LogP contribution in [0.25, 0.3) is 22.3 Å². The van der Waals surface area contributed by atoms with Crippen LogP contribution in [0.3, 0.4) is 0 Å². The van der Waals surface area contributed by atoms with Crippen molar-refractivity contribution >= 4 is 57.6 Å². The average molecular weight is 1460 g/mol. The topological polar surface area (TPSA) is 389 Å². The summed E-state index contributed by atoms with van der Waals surface area (Å²) >= 11 is 3.66. The van der Waals surface area contributed by atoms with Gasteiger partial charge in [0.1, 0.15) is 127 Å². The number of aliphatic hydroxyl groups excluding tert-OH is 12. The lowest BCUT2D eigenvalue weighted by atomic mass is 10.0. The molecule has 3 saturated heterocycles. The monoisotopic (exact) mass is 1460 g/mol. The van der Waals surface area contributed by atoms with Gasteiger partial charge in [-0.2, -0.15) is 0 Å². The average Bonchev–Trinajstić information content (AvgIpc) is 1.62. The summed E-state index contributed by atoms with van der Waals surface area (Å²) < 4.78 is 52.8. The molecule has 546 valence electrons. The maximum Gasteiger partial charge on any atom is 0.132 e. The fraction of sp³-hybridized carbons (Fsp3) is 0.405. The number of thioether (sulfide) groups is 3. The predicted octanol–water partition coefficient (Wildman–Crippen LogP) is 0.0871. The second-order valence-electron chi connectivity index (χ2n) is 24.7. The number of hydrogen-bond donors (Lipinski definition) is 16. The highest BCUT2D eigenvalue weighted by Crippen LogP contribution is 2.34. The maximum absolute atomic E-state index is 10.4. The maximum atomic E-state index is 10.4. The predicted molar refractivity (Wildman–Crippen MR) is 382 cm³/mol. The number of rotatable bonds is 31. The van der Waals surface area contributed by atoms with Crippen LogP contribution in [0.1, 0.15) is 45.0 Å². The first-order valence-corrected chi connectivity index (χ1v) is 36.9. The number of benzene rings is 4. The van der Waals surface area contributed by atoms with E-state index in [-0.39, 0.29) is 46.2 Å². The highest BCUT2D eigenvalue weighted by Gasteiger charge is 2.46. The minimum absolute atomic E-state index is 0.240. The van der Waals surface area contributed by atoms with Crippen LogP contribution >= 0.6 is 35.3 Å². The number of aliphatic hydroxyl groups is 12. The number of ether oxygens (including phenoxy) is 9.